The molecule has 10 nitrogen and oxygen atoms in total. The van der Waals surface area contributed by atoms with E-state index in [1.54, 1.807) is 30.3 Å². The number of hydrogen-bond donors (Lipinski definition) is 1. The van der Waals surface area contributed by atoms with E-state index in [0.29, 0.717) is 48.6 Å². The molecule has 0 spiro atoms. The number of anilines is 1. The highest BCUT2D eigenvalue weighted by atomic mass is 35.5. The number of aromatic nitrogens is 4. The van der Waals surface area contributed by atoms with Crippen molar-refractivity contribution in [2.75, 3.05) is 24.6 Å². The van der Waals surface area contributed by atoms with Crippen molar-refractivity contribution in [3.8, 4) is 16.9 Å². The predicted molar refractivity (Wildman–Crippen MR) is 188 cm³/mol. The molecule has 1 saturated carbocycles. The molecular weight excluding hydrogens is 759 g/mol. The summed E-state index contributed by atoms with van der Waals surface area (Å²) < 4.78 is 102. The van der Waals surface area contributed by atoms with Crippen LogP contribution in [0.15, 0.2) is 66.1 Å². The molecule has 2 fully saturated rings. The first-order chi connectivity index (χ1) is 26.4. The van der Waals surface area contributed by atoms with Gasteiger partial charge in [0.1, 0.15) is 52.7 Å². The number of ether oxygens (including phenoxy) is 1. The largest absolute Gasteiger partial charge is 0.434 e. The molecule has 0 unspecified atom stereocenters. The third-order valence-corrected chi connectivity index (χ3v) is 9.11. The molecule has 0 radical (unpaired) electrons. The molecule has 0 atom stereocenters. The van der Waals surface area contributed by atoms with Gasteiger partial charge < -0.3 is 19.8 Å². The molecule has 5 aromatic rings. The molecule has 2 aromatic heterocycles. The minimum atomic E-state index is -3.28. The molecule has 55 heavy (non-hydrogen) atoms. The van der Waals surface area contributed by atoms with Gasteiger partial charge in [0.15, 0.2) is 17.5 Å². The van der Waals surface area contributed by atoms with Crippen LogP contribution >= 0.6 is 11.6 Å². The van der Waals surface area contributed by atoms with E-state index >= 15 is 0 Å². The van der Waals surface area contributed by atoms with Crippen LogP contribution in [0.5, 0.6) is 5.75 Å². The quantitative estimate of drug-likeness (QED) is 0.0501. The van der Waals surface area contributed by atoms with E-state index in [-0.39, 0.29) is 35.4 Å². The number of carbonyl (C=O) groups is 1. The van der Waals surface area contributed by atoms with E-state index in [1.807, 2.05) is 4.90 Å². The van der Waals surface area contributed by atoms with Crippen molar-refractivity contribution >= 4 is 34.9 Å². The van der Waals surface area contributed by atoms with Crippen molar-refractivity contribution in [2.45, 2.75) is 45.6 Å². The topological polar surface area (TPSA) is 106 Å². The number of rotatable bonds is 10. The highest BCUT2D eigenvalue weighted by molar-refractivity contribution is 6.33. The zero-order valence-corrected chi connectivity index (χ0v) is 29.9. The Labute approximate surface area is 314 Å². The monoisotopic (exact) mass is 791 g/mol. The zero-order chi connectivity index (χ0) is 39.2. The second-order valence-corrected chi connectivity index (χ2v) is 13.3. The molecule has 3 heterocycles. The molecule has 1 N–H and O–H groups in total. The highest BCUT2D eigenvalue weighted by Gasteiger charge is 2.29. The van der Waals surface area contributed by atoms with Gasteiger partial charge in [-0.2, -0.15) is 28.4 Å². The number of fused-ring (bicyclic) bond motifs is 1. The summed E-state index contributed by atoms with van der Waals surface area (Å²) in [6.45, 7) is 0.427. The van der Waals surface area contributed by atoms with Gasteiger partial charge in [-0.15, -0.1) is 0 Å². The maximum absolute atomic E-state index is 14.5. The van der Waals surface area contributed by atoms with E-state index in [2.05, 4.69) is 37.2 Å². The van der Waals surface area contributed by atoms with Crippen LogP contribution in [0, 0.1) is 40.9 Å². The Bertz CT molecular complexity index is 2160. The minimum absolute atomic E-state index is 0.0502. The highest BCUT2D eigenvalue weighted by Crippen LogP contribution is 2.40. The van der Waals surface area contributed by atoms with Gasteiger partial charge >= 0.3 is 6.61 Å². The lowest BCUT2D eigenvalue weighted by molar-refractivity contribution is -0.119. The lowest BCUT2D eigenvalue weighted by Gasteiger charge is -2.33. The summed E-state index contributed by atoms with van der Waals surface area (Å²) in [4.78, 5) is 27.6. The van der Waals surface area contributed by atoms with Crippen LogP contribution in [0.2, 0.25) is 5.15 Å². The van der Waals surface area contributed by atoms with E-state index in [1.165, 1.54) is 10.8 Å². The Kier molecular flexibility index (Phi) is 12.4. The lowest BCUT2D eigenvalue weighted by atomic mass is 9.98. The number of alkyl halides is 2. The normalized spacial score (nSPS) is 14.9. The molecule has 18 heteroatoms. The van der Waals surface area contributed by atoms with Crippen LogP contribution in [-0.2, 0) is 16.1 Å². The molecule has 2 aliphatic rings. The molecule has 0 bridgehead atoms. The second kappa shape index (κ2) is 17.3. The zero-order valence-electron chi connectivity index (χ0n) is 29.1. The number of hydrogen-bond acceptors (Lipinski definition) is 8. The molecule has 1 amide bonds. The predicted octanol–water partition coefficient (Wildman–Crippen LogP) is 8.11. The van der Waals surface area contributed by atoms with Gasteiger partial charge in [0, 0.05) is 25.2 Å². The Morgan fingerprint density at radius 3 is 2.31 bits per heavy atom. The number of benzene rings is 3. The van der Waals surface area contributed by atoms with E-state index < -0.39 is 64.3 Å². The Balaban J connectivity index is 0.000000188. The third kappa shape index (κ3) is 9.62. The van der Waals surface area contributed by atoms with Crippen molar-refractivity contribution in [3.05, 3.63) is 106 Å². The summed E-state index contributed by atoms with van der Waals surface area (Å²) in [6.07, 6.45) is 4.94. The summed E-state index contributed by atoms with van der Waals surface area (Å²) >= 11 is 6.29. The van der Waals surface area contributed by atoms with Crippen LogP contribution in [-0.4, -0.2) is 57.6 Å². The SMILES string of the molecule is CC1CCN(c2c(-c3c(F)cc(F)cc3F)c(Cl)nc3ncnn23)CC1.O=C(Cc1ccccc1)N/C(=N\OCC1CC1)c1c(OC(F)F)ccc(F)c1F. The first kappa shape index (κ1) is 39.2. The molecule has 1 aliphatic carbocycles. The number of oxime groups is 1. The standard InChI is InChI=1S/C20H18F4N2O3.C17H15ClF3N5/c21-14-8-9-15(29-20(23)24)17(18(14)22)19(26-28-11-13-6-7-13)25-16(27)10-12-4-2-1-3-5-12;1-9-2-4-25(5-3-9)16-14(13-11(20)6-10(19)7-12(13)21)15(18)24-17-22-8-23-26(16)17/h1-5,8-9,13,20H,6-7,10-11H2,(H,25,26,27);6-9H,2-5H2,1H3. The average Bonchev–Trinajstić information content (AvgIpc) is 3.85. The van der Waals surface area contributed by atoms with Crippen LogP contribution < -0.4 is 15.0 Å². The average molecular weight is 792 g/mol. The maximum atomic E-state index is 14.5. The number of carbonyl (C=O) groups excluding carboxylic acids is 1. The van der Waals surface area contributed by atoms with E-state index in [4.69, 9.17) is 16.4 Å². The van der Waals surface area contributed by atoms with Gasteiger partial charge in [-0.1, -0.05) is 54.0 Å². The van der Waals surface area contributed by atoms with Crippen molar-refractivity contribution in [1.82, 2.24) is 24.9 Å². The fraction of sp³-hybridized carbons (Fsp3) is 0.324. The van der Waals surface area contributed by atoms with Crippen molar-refractivity contribution in [2.24, 2.45) is 17.0 Å². The van der Waals surface area contributed by atoms with E-state index in [0.717, 1.165) is 31.7 Å². The van der Waals surface area contributed by atoms with Crippen LogP contribution in [0.4, 0.5) is 36.6 Å². The Morgan fingerprint density at radius 1 is 0.964 bits per heavy atom. The molecule has 3 aromatic carbocycles. The van der Waals surface area contributed by atoms with Gasteiger partial charge in [0.05, 0.1) is 17.5 Å². The van der Waals surface area contributed by atoms with Crippen LogP contribution in [0.1, 0.15) is 43.7 Å². The fourth-order valence-corrected chi connectivity index (χ4v) is 6.09. The van der Waals surface area contributed by atoms with Crippen molar-refractivity contribution < 1.29 is 45.1 Å². The van der Waals surface area contributed by atoms with Crippen LogP contribution in [0.25, 0.3) is 16.9 Å². The second-order valence-electron chi connectivity index (χ2n) is 13.0. The summed E-state index contributed by atoms with van der Waals surface area (Å²) in [5.74, 6) is -6.23. The van der Waals surface area contributed by atoms with Gasteiger partial charge in [0.25, 0.3) is 5.78 Å². The fourth-order valence-electron chi connectivity index (χ4n) is 5.84. The van der Waals surface area contributed by atoms with Crippen molar-refractivity contribution in [3.63, 3.8) is 0 Å². The van der Waals surface area contributed by atoms with Gasteiger partial charge in [0.2, 0.25) is 5.91 Å². The van der Waals surface area contributed by atoms with E-state index in [9.17, 15) is 35.5 Å². The molecule has 1 aliphatic heterocycles. The number of piperidine rings is 1. The summed E-state index contributed by atoms with van der Waals surface area (Å²) in [7, 11) is 0. The minimum Gasteiger partial charge on any atom is -0.434 e. The molecule has 290 valence electrons. The number of amides is 1. The first-order valence-corrected chi connectivity index (χ1v) is 17.5. The maximum Gasteiger partial charge on any atom is 0.387 e. The molecular formula is C37H33ClF7N7O3. The van der Waals surface area contributed by atoms with Gasteiger partial charge in [-0.25, -0.2) is 22.0 Å². The number of amidine groups is 1. The molecule has 7 rings (SSSR count). The summed E-state index contributed by atoms with van der Waals surface area (Å²) in [6, 6.07) is 11.4. The smallest absolute Gasteiger partial charge is 0.387 e. The first-order valence-electron chi connectivity index (χ1n) is 17.2. The van der Waals surface area contributed by atoms with Gasteiger partial charge in [-0.05, 0) is 55.2 Å². The lowest BCUT2D eigenvalue weighted by Crippen LogP contribution is -2.35. The number of nitrogens with one attached hydrogen (secondary N) is 1. The number of nitrogens with zero attached hydrogens (tertiary/aromatic N) is 6. The number of halogens is 8. The van der Waals surface area contributed by atoms with Crippen molar-refractivity contribution in [1.29, 1.82) is 0 Å². The summed E-state index contributed by atoms with van der Waals surface area (Å²) in [5, 5.41) is 10.0. The Morgan fingerprint density at radius 2 is 1.65 bits per heavy atom. The summed E-state index contributed by atoms with van der Waals surface area (Å²) in [5.41, 5.74) is -0.460. The Hall–Kier alpha value is -5.45. The molecule has 1 saturated heterocycles. The van der Waals surface area contributed by atoms with Crippen LogP contribution in [0.3, 0.4) is 0 Å². The third-order valence-electron chi connectivity index (χ3n) is 8.84. The van der Waals surface area contributed by atoms with Gasteiger partial charge in [-0.3, -0.25) is 4.79 Å².